The number of halogens is 8. The van der Waals surface area contributed by atoms with E-state index in [2.05, 4.69) is 29.7 Å². The topological polar surface area (TPSA) is 172 Å². The number of piperidine rings is 2. The number of nitrogens with zero attached hydrogens (tertiary/aromatic N) is 8. The Bertz CT molecular complexity index is 1690. The van der Waals surface area contributed by atoms with Crippen molar-refractivity contribution in [2.75, 3.05) is 101 Å². The fourth-order valence-corrected chi connectivity index (χ4v) is 9.41. The molecule has 0 bridgehead atoms. The lowest BCUT2D eigenvalue weighted by Crippen LogP contribution is -2.62. The molecule has 0 saturated carbocycles. The predicted molar refractivity (Wildman–Crippen MR) is 209 cm³/mol. The number of carboxylic acid groups (broad SMARTS) is 2. The predicted octanol–water partition coefficient (Wildman–Crippen LogP) is 3.81. The summed E-state index contributed by atoms with van der Waals surface area (Å²) in [5, 5.41) is 19.3. The van der Waals surface area contributed by atoms with E-state index in [1.807, 2.05) is 12.5 Å². The van der Waals surface area contributed by atoms with E-state index in [-0.39, 0.29) is 10.3 Å². The summed E-state index contributed by atoms with van der Waals surface area (Å²) < 4.78 is 65.5. The number of quaternary nitrogens is 2. The van der Waals surface area contributed by atoms with Crippen LogP contribution in [-0.4, -0.2) is 157 Å². The molecule has 0 aromatic carbocycles. The minimum atomic E-state index is -5.19. The molecule has 0 unspecified atom stereocenters. The van der Waals surface area contributed by atoms with Crippen molar-refractivity contribution in [1.82, 2.24) is 19.9 Å². The molecule has 60 heavy (non-hydrogen) atoms. The van der Waals surface area contributed by atoms with Gasteiger partial charge in [-0.05, 0) is 62.9 Å². The van der Waals surface area contributed by atoms with Gasteiger partial charge in [0.05, 0.1) is 89.7 Å². The zero-order valence-corrected chi connectivity index (χ0v) is 36.0. The number of rotatable bonds is 9. The van der Waals surface area contributed by atoms with Gasteiger partial charge in [0, 0.05) is 0 Å². The van der Waals surface area contributed by atoms with Crippen LogP contribution in [0.25, 0.3) is 0 Å². The van der Waals surface area contributed by atoms with Crippen molar-refractivity contribution in [3.63, 3.8) is 0 Å². The van der Waals surface area contributed by atoms with Gasteiger partial charge in [-0.1, -0.05) is 46.7 Å². The van der Waals surface area contributed by atoms with Crippen molar-refractivity contribution in [2.24, 2.45) is 11.8 Å². The molecule has 334 valence electrons. The Labute approximate surface area is 361 Å². The van der Waals surface area contributed by atoms with E-state index in [1.54, 1.807) is 0 Å². The summed E-state index contributed by atoms with van der Waals surface area (Å²) in [5.74, 6) is -2.93. The Kier molecular flexibility index (Phi) is 17.5. The van der Waals surface area contributed by atoms with E-state index in [1.165, 1.54) is 97.2 Å². The quantitative estimate of drug-likeness (QED) is 0.0888. The first kappa shape index (κ1) is 49.5. The maximum Gasteiger partial charge on any atom is 0.430 e. The highest BCUT2D eigenvalue weighted by atomic mass is 35.5. The molecule has 2 aromatic heterocycles. The first-order valence-corrected chi connectivity index (χ1v) is 22.3. The number of carboxylic acids is 2. The summed E-state index contributed by atoms with van der Waals surface area (Å²) in [7, 11) is 0. The van der Waals surface area contributed by atoms with Gasteiger partial charge in [-0.25, -0.2) is 19.9 Å². The fourth-order valence-electron chi connectivity index (χ4n) is 8.18. The van der Waals surface area contributed by atoms with Crippen molar-refractivity contribution in [1.29, 1.82) is 0 Å². The van der Waals surface area contributed by atoms with E-state index in [0.717, 1.165) is 76.8 Å². The molecule has 4 aliphatic heterocycles. The van der Waals surface area contributed by atoms with Crippen LogP contribution in [-0.2, 0) is 9.59 Å². The average Bonchev–Trinajstić information content (AvgIpc) is 3.21. The first-order valence-electron chi connectivity index (χ1n) is 19.1. The minimum Gasteiger partial charge on any atom is -0.542 e. The van der Waals surface area contributed by atoms with Gasteiger partial charge in [0.15, 0.2) is 22.9 Å². The summed E-state index contributed by atoms with van der Waals surface area (Å²) in [4.78, 5) is 63.4. The van der Waals surface area contributed by atoms with Gasteiger partial charge in [-0.2, -0.15) is 26.3 Å². The third-order valence-electron chi connectivity index (χ3n) is 11.8. The van der Waals surface area contributed by atoms with Gasteiger partial charge in [0.1, 0.15) is 33.9 Å². The lowest BCUT2D eigenvalue weighted by atomic mass is 9.83. The number of aldehydes is 2. The molecule has 0 radical (unpaired) electrons. The number of thioether (sulfide) groups is 2. The summed E-state index contributed by atoms with van der Waals surface area (Å²) in [6, 6.07) is 0. The second kappa shape index (κ2) is 21.3. The van der Waals surface area contributed by atoms with Crippen LogP contribution in [0.1, 0.15) is 59.2 Å². The zero-order valence-electron chi connectivity index (χ0n) is 32.9. The molecule has 14 nitrogen and oxygen atoms in total. The van der Waals surface area contributed by atoms with Crippen molar-refractivity contribution < 1.29 is 64.7 Å². The van der Waals surface area contributed by atoms with Crippen molar-refractivity contribution in [3.05, 3.63) is 21.4 Å². The minimum absolute atomic E-state index is 0.250. The number of carbonyl (C=O) groups excluding carboxylic acids is 4. The Morgan fingerprint density at radius 1 is 0.633 bits per heavy atom. The second-order valence-electron chi connectivity index (χ2n) is 15.2. The molecule has 0 atom stereocenters. The normalized spacial score (nSPS) is 20.4. The highest BCUT2D eigenvalue weighted by Crippen LogP contribution is 2.36. The van der Waals surface area contributed by atoms with E-state index in [9.17, 15) is 35.9 Å². The number of piperazine rings is 2. The Balaban J connectivity index is 0.000000488. The van der Waals surface area contributed by atoms with Gasteiger partial charge in [0.25, 0.3) is 0 Å². The summed E-state index contributed by atoms with van der Waals surface area (Å²) in [6.45, 7) is 13.1. The van der Waals surface area contributed by atoms with Crippen LogP contribution in [0.3, 0.4) is 0 Å². The Morgan fingerprint density at radius 2 is 0.917 bits per heavy atom. The van der Waals surface area contributed by atoms with Crippen molar-refractivity contribution >= 4 is 82.9 Å². The van der Waals surface area contributed by atoms with E-state index < -0.39 is 24.3 Å². The zero-order chi connectivity index (χ0) is 44.5. The van der Waals surface area contributed by atoms with Crippen LogP contribution in [0.4, 0.5) is 38.0 Å². The maximum atomic E-state index is 11.8. The molecule has 0 N–H and O–H groups in total. The van der Waals surface area contributed by atoms with Gasteiger partial charge in [-0.3, -0.25) is 9.59 Å². The van der Waals surface area contributed by atoms with E-state index in [4.69, 9.17) is 43.0 Å². The van der Waals surface area contributed by atoms with E-state index in [0.29, 0.717) is 33.1 Å². The number of hydrogen-bond acceptors (Lipinski definition) is 14. The average molecular weight is 936 g/mol. The lowest BCUT2D eigenvalue weighted by Gasteiger charge is -2.49. The van der Waals surface area contributed by atoms with E-state index >= 15 is 0 Å². The van der Waals surface area contributed by atoms with Crippen molar-refractivity contribution in [3.8, 4) is 0 Å². The van der Waals surface area contributed by atoms with Gasteiger partial charge in [0.2, 0.25) is 0 Å². The standard InChI is InChI=1S/C32H46Cl2N8O2S2.2C2HF3O2/c1-45-31-35-27(33)25(21-43)29(37-31)39-9-17-41(18-10-39)13-5-23(6-14-41)3-4-24-7-15-42(16-8-24)19-11-40(12-20-42)30-26(22-44)28(34)36-32(38-30)46-2;2*3-2(4,5)1(6)7/h21-24H,3-20H2,1-2H3;2*(H,6,7)/q+2;;/p-2. The number of aliphatic carboxylic acids is 2. The molecular formula is C36H46Cl2F6N8O6S2. The molecule has 4 aliphatic rings. The lowest BCUT2D eigenvalue weighted by molar-refractivity contribution is -0.934. The number of anilines is 2. The maximum absolute atomic E-state index is 11.8. The van der Waals surface area contributed by atoms with Crippen LogP contribution < -0.4 is 20.0 Å². The van der Waals surface area contributed by atoms with Gasteiger partial charge < -0.3 is 38.6 Å². The Hall–Kier alpha value is -3.18. The summed E-state index contributed by atoms with van der Waals surface area (Å²) in [6.07, 6.45) is 3.09. The van der Waals surface area contributed by atoms with Crippen molar-refractivity contribution in [2.45, 2.75) is 61.2 Å². The molecule has 4 fully saturated rings. The molecule has 4 saturated heterocycles. The fraction of sp³-hybridized carbons (Fsp3) is 0.667. The van der Waals surface area contributed by atoms with Gasteiger partial charge in [-0.15, -0.1) is 0 Å². The molecule has 0 aliphatic carbocycles. The van der Waals surface area contributed by atoms with Crippen LogP contribution >= 0.6 is 46.7 Å². The third kappa shape index (κ3) is 13.2. The number of hydrogen-bond donors (Lipinski definition) is 0. The molecular weight excluding hydrogens is 889 g/mol. The highest BCUT2D eigenvalue weighted by Gasteiger charge is 2.40. The third-order valence-corrected chi connectivity index (χ3v) is 13.5. The van der Waals surface area contributed by atoms with Crippen LogP contribution in [0.5, 0.6) is 0 Å². The molecule has 2 aromatic rings. The largest absolute Gasteiger partial charge is 0.542 e. The second-order valence-corrected chi connectivity index (χ2v) is 17.5. The van der Waals surface area contributed by atoms with Crippen LogP contribution in [0.15, 0.2) is 10.3 Å². The number of carbonyl (C=O) groups is 4. The summed E-state index contributed by atoms with van der Waals surface area (Å²) >= 11 is 15.5. The highest BCUT2D eigenvalue weighted by molar-refractivity contribution is 7.98. The molecule has 6 rings (SSSR count). The molecule has 24 heteroatoms. The number of aromatic nitrogens is 4. The first-order chi connectivity index (χ1) is 28.2. The van der Waals surface area contributed by atoms with Gasteiger partial charge >= 0.3 is 12.4 Å². The smallest absolute Gasteiger partial charge is 0.430 e. The monoisotopic (exact) mass is 934 g/mol. The Morgan fingerprint density at radius 3 is 1.15 bits per heavy atom. The summed E-state index contributed by atoms with van der Waals surface area (Å²) in [5.41, 5.74) is 0.824. The molecule has 6 heterocycles. The SMILES string of the molecule is CSc1nc(Cl)c(C=O)c(N2CC[N+]3(CCC(CCC4CC[N+]5(CC4)CCN(c4nc(SC)nc(Cl)c4C=O)CC5)CC3)CC2)n1.O=C([O-])C(F)(F)F.O=C([O-])C(F)(F)F. The van der Waals surface area contributed by atoms with Crippen LogP contribution in [0.2, 0.25) is 10.3 Å². The molecule has 0 amide bonds. The number of alkyl halides is 6. The van der Waals surface area contributed by atoms with Crippen LogP contribution in [0, 0.1) is 11.8 Å². The molecule has 2 spiro atoms.